The van der Waals surface area contributed by atoms with E-state index in [2.05, 4.69) is 5.32 Å². The molecule has 0 heterocycles. The van der Waals surface area contributed by atoms with Gasteiger partial charge in [0.15, 0.2) is 0 Å². The molecule has 124 valence electrons. The molecule has 0 amide bonds. The van der Waals surface area contributed by atoms with Crippen molar-refractivity contribution >= 4 is 7.60 Å². The molecule has 0 aromatic rings. The zero-order valence-electron chi connectivity index (χ0n) is 13.7. The molecule has 1 atom stereocenters. The van der Waals surface area contributed by atoms with Gasteiger partial charge in [0.1, 0.15) is 5.78 Å². The number of hydrogen-bond donors (Lipinski definition) is 1. The Morgan fingerprint density at radius 1 is 0.952 bits per heavy atom. The molecule has 2 saturated carbocycles. The molecule has 2 aliphatic carbocycles. The van der Waals surface area contributed by atoms with Crippen molar-refractivity contribution < 1.29 is 13.6 Å². The van der Waals surface area contributed by atoms with Gasteiger partial charge in [0.25, 0.3) is 0 Å². The Morgan fingerprint density at radius 3 is 2.00 bits per heavy atom. The fraction of sp³-hybridized carbons (Fsp3) is 1.00. The van der Waals surface area contributed by atoms with Crippen molar-refractivity contribution in [3.8, 4) is 0 Å². The largest absolute Gasteiger partial charge is 0.347 e. The van der Waals surface area contributed by atoms with Gasteiger partial charge >= 0.3 is 7.60 Å². The molecule has 2 fully saturated rings. The van der Waals surface area contributed by atoms with Gasteiger partial charge in [-0.25, -0.2) is 0 Å². The summed E-state index contributed by atoms with van der Waals surface area (Å²) in [5.41, 5.74) is 0. The first-order valence-electron chi connectivity index (χ1n) is 8.84. The summed E-state index contributed by atoms with van der Waals surface area (Å²) in [6, 6.07) is 0.485. The van der Waals surface area contributed by atoms with Crippen molar-refractivity contribution in [2.45, 2.75) is 83.5 Å². The lowest BCUT2D eigenvalue weighted by atomic mass is 9.95. The molecule has 1 unspecified atom stereocenters. The first kappa shape index (κ1) is 17.5. The minimum Gasteiger partial charge on any atom is -0.308 e. The van der Waals surface area contributed by atoms with E-state index < -0.39 is 7.60 Å². The van der Waals surface area contributed by atoms with Crippen molar-refractivity contribution in [3.63, 3.8) is 0 Å². The molecule has 0 aliphatic heterocycles. The van der Waals surface area contributed by atoms with Crippen LogP contribution in [0.3, 0.4) is 0 Å². The Labute approximate surface area is 129 Å². The normalized spacial score (nSPS) is 23.5. The van der Waals surface area contributed by atoms with Crippen LogP contribution >= 0.6 is 7.60 Å². The molecule has 5 heteroatoms. The molecule has 0 bridgehead atoms. The summed E-state index contributed by atoms with van der Waals surface area (Å²) in [6.07, 6.45) is 11.1. The first-order chi connectivity index (χ1) is 10.2. The van der Waals surface area contributed by atoms with Gasteiger partial charge in [0, 0.05) is 6.04 Å². The Hall–Kier alpha value is 0.110. The predicted molar refractivity (Wildman–Crippen MR) is 86.6 cm³/mol. The summed E-state index contributed by atoms with van der Waals surface area (Å²) < 4.78 is 24.6. The lowest BCUT2D eigenvalue weighted by Gasteiger charge is -2.35. The van der Waals surface area contributed by atoms with Gasteiger partial charge in [0.05, 0.1) is 13.2 Å². The average molecular weight is 317 g/mol. The predicted octanol–water partition coefficient (Wildman–Crippen LogP) is 4.69. The van der Waals surface area contributed by atoms with E-state index in [0.717, 1.165) is 12.8 Å². The number of hydrogen-bond acceptors (Lipinski definition) is 4. The van der Waals surface area contributed by atoms with Gasteiger partial charge in [-0.3, -0.25) is 4.57 Å². The van der Waals surface area contributed by atoms with E-state index in [1.54, 1.807) is 0 Å². The molecular formula is C16H32NO3P. The summed E-state index contributed by atoms with van der Waals surface area (Å²) >= 11 is 0. The average Bonchev–Trinajstić information content (AvgIpc) is 3.00. The Morgan fingerprint density at radius 2 is 1.48 bits per heavy atom. The summed E-state index contributed by atoms with van der Waals surface area (Å²) in [5, 5.41) is 3.69. The van der Waals surface area contributed by atoms with Gasteiger partial charge in [-0.2, -0.15) is 0 Å². The van der Waals surface area contributed by atoms with E-state index in [-0.39, 0.29) is 5.78 Å². The minimum atomic E-state index is -3.06. The first-order valence-corrected chi connectivity index (χ1v) is 10.5. The van der Waals surface area contributed by atoms with Crippen LogP contribution in [-0.2, 0) is 13.6 Å². The van der Waals surface area contributed by atoms with Crippen molar-refractivity contribution in [2.24, 2.45) is 5.92 Å². The molecule has 2 aliphatic rings. The topological polar surface area (TPSA) is 47.6 Å². The van der Waals surface area contributed by atoms with Gasteiger partial charge < -0.3 is 14.4 Å². The molecule has 0 aromatic heterocycles. The minimum absolute atomic E-state index is 0.108. The van der Waals surface area contributed by atoms with Gasteiger partial charge in [-0.1, -0.05) is 32.1 Å². The van der Waals surface area contributed by atoms with Crippen LogP contribution in [0.15, 0.2) is 0 Å². The van der Waals surface area contributed by atoms with Crippen LogP contribution in [0.1, 0.15) is 71.6 Å². The number of nitrogens with one attached hydrogen (secondary N) is 1. The van der Waals surface area contributed by atoms with Crippen LogP contribution in [0.25, 0.3) is 0 Å². The van der Waals surface area contributed by atoms with Crippen LogP contribution in [-0.4, -0.2) is 25.0 Å². The Bertz CT molecular complexity index is 328. The van der Waals surface area contributed by atoms with Crippen molar-refractivity contribution in [1.82, 2.24) is 5.32 Å². The maximum atomic E-state index is 13.3. The second-order valence-electron chi connectivity index (χ2n) is 6.37. The van der Waals surface area contributed by atoms with E-state index in [0.29, 0.717) is 25.2 Å². The van der Waals surface area contributed by atoms with Gasteiger partial charge in [0.2, 0.25) is 0 Å². The van der Waals surface area contributed by atoms with Crippen LogP contribution in [0.5, 0.6) is 0 Å². The lowest BCUT2D eigenvalue weighted by Crippen LogP contribution is -2.43. The van der Waals surface area contributed by atoms with Crippen LogP contribution in [0.2, 0.25) is 0 Å². The highest BCUT2D eigenvalue weighted by atomic mass is 31.2. The Kier molecular flexibility index (Phi) is 7.21. The smallest absolute Gasteiger partial charge is 0.308 e. The molecule has 0 saturated heterocycles. The van der Waals surface area contributed by atoms with Crippen molar-refractivity contribution in [3.05, 3.63) is 0 Å². The standard InChI is InChI=1S/C16H32NO3P/c1-3-19-21(18,20-4-2)16(14-10-8-9-11-14)17-15-12-6-5-7-13-15/h14-17H,3-13H2,1-2H3. The van der Waals surface area contributed by atoms with Crippen molar-refractivity contribution in [2.75, 3.05) is 13.2 Å². The van der Waals surface area contributed by atoms with Crippen LogP contribution in [0.4, 0.5) is 0 Å². The van der Waals surface area contributed by atoms with E-state index >= 15 is 0 Å². The van der Waals surface area contributed by atoms with E-state index in [1.165, 1.54) is 44.9 Å². The molecule has 1 N–H and O–H groups in total. The SMILES string of the molecule is CCOP(=O)(OCC)C(NC1CCCCC1)C1CCCC1. The van der Waals surface area contributed by atoms with Crippen LogP contribution in [0, 0.1) is 5.92 Å². The monoisotopic (exact) mass is 317 g/mol. The second kappa shape index (κ2) is 8.67. The van der Waals surface area contributed by atoms with E-state index in [9.17, 15) is 4.57 Å². The van der Waals surface area contributed by atoms with Crippen LogP contribution < -0.4 is 5.32 Å². The van der Waals surface area contributed by atoms with Gasteiger partial charge in [-0.15, -0.1) is 0 Å². The molecule has 0 radical (unpaired) electrons. The van der Waals surface area contributed by atoms with E-state index in [1.807, 2.05) is 13.8 Å². The fourth-order valence-electron chi connectivity index (χ4n) is 3.83. The highest BCUT2D eigenvalue weighted by Gasteiger charge is 2.43. The summed E-state index contributed by atoms with van der Waals surface area (Å²) in [5.74, 6) is 0.332. The summed E-state index contributed by atoms with van der Waals surface area (Å²) in [4.78, 5) is 0. The fourth-order valence-corrected chi connectivity index (χ4v) is 6.15. The Balaban J connectivity index is 2.10. The third-order valence-corrected chi connectivity index (χ3v) is 7.31. The molecule has 2 rings (SSSR count). The molecule has 0 aromatic carbocycles. The zero-order chi connectivity index (χ0) is 15.1. The third kappa shape index (κ3) is 4.79. The maximum absolute atomic E-state index is 13.3. The zero-order valence-corrected chi connectivity index (χ0v) is 14.6. The molecule has 21 heavy (non-hydrogen) atoms. The molecule has 0 spiro atoms. The highest BCUT2D eigenvalue weighted by molar-refractivity contribution is 7.54. The molecular weight excluding hydrogens is 285 g/mol. The van der Waals surface area contributed by atoms with Gasteiger partial charge in [-0.05, 0) is 45.4 Å². The number of rotatable bonds is 8. The quantitative estimate of drug-likeness (QED) is 0.660. The second-order valence-corrected chi connectivity index (χ2v) is 8.52. The van der Waals surface area contributed by atoms with Crippen molar-refractivity contribution in [1.29, 1.82) is 0 Å². The third-order valence-electron chi connectivity index (χ3n) is 4.82. The highest BCUT2D eigenvalue weighted by Crippen LogP contribution is 2.57. The summed E-state index contributed by atoms with van der Waals surface area (Å²) in [6.45, 7) is 4.70. The van der Waals surface area contributed by atoms with E-state index in [4.69, 9.17) is 9.05 Å². The summed E-state index contributed by atoms with van der Waals surface area (Å²) in [7, 11) is -3.06. The lowest BCUT2D eigenvalue weighted by molar-refractivity contribution is 0.188. The maximum Gasteiger partial charge on any atom is 0.347 e. The molecule has 4 nitrogen and oxygen atoms in total.